The number of nitrogens with one attached hydrogen (secondary N) is 2. The van der Waals surface area contributed by atoms with Crippen molar-refractivity contribution in [1.29, 1.82) is 0 Å². The molecule has 3 heterocycles. The fourth-order valence-electron chi connectivity index (χ4n) is 8.54. The van der Waals surface area contributed by atoms with Gasteiger partial charge >= 0.3 is 12.1 Å². The van der Waals surface area contributed by atoms with E-state index in [-0.39, 0.29) is 55.8 Å². The highest BCUT2D eigenvalue weighted by Gasteiger charge is 2.48. The monoisotopic (exact) mass is 742 g/mol. The van der Waals surface area contributed by atoms with Crippen LogP contribution >= 0.6 is 0 Å². The summed E-state index contributed by atoms with van der Waals surface area (Å²) in [4.78, 5) is 41.4. The number of piperidine rings is 1. The van der Waals surface area contributed by atoms with E-state index in [1.807, 2.05) is 69.3 Å². The number of aliphatic hydroxyl groups is 1. The first-order valence-electron chi connectivity index (χ1n) is 19.0. The molecule has 7 atom stereocenters. The molecule has 6 rings (SSSR count). The molecule has 1 saturated carbocycles. The van der Waals surface area contributed by atoms with Crippen LogP contribution in [0.2, 0.25) is 0 Å². The fourth-order valence-corrected chi connectivity index (χ4v) is 8.54. The number of benzene rings is 2. The maximum Gasteiger partial charge on any atom is 0.471 e. The van der Waals surface area contributed by atoms with Crippen LogP contribution < -0.4 is 10.6 Å². The van der Waals surface area contributed by atoms with Crippen LogP contribution in [0.3, 0.4) is 0 Å². The number of ether oxygens (including phenoxy) is 2. The Labute approximate surface area is 309 Å². The third-order valence-electron chi connectivity index (χ3n) is 11.1. The third-order valence-corrected chi connectivity index (χ3v) is 11.1. The summed E-state index contributed by atoms with van der Waals surface area (Å²) >= 11 is 0. The number of carbonyl (C=O) groups is 3. The molecule has 3 amide bonds. The van der Waals surface area contributed by atoms with Crippen LogP contribution in [-0.4, -0.2) is 81.7 Å². The van der Waals surface area contributed by atoms with Gasteiger partial charge in [-0.05, 0) is 81.9 Å². The van der Waals surface area contributed by atoms with Crippen molar-refractivity contribution < 1.29 is 42.1 Å². The summed E-state index contributed by atoms with van der Waals surface area (Å²) < 4.78 is 52.5. The predicted molar refractivity (Wildman–Crippen MR) is 191 cm³/mol. The SMILES string of the molecule is CC(C)(C)NC(=O)C1CCC2CCCCC2N1CC1CC(c2ccc(CO)cc2)OC(c2ccc(CNC(=O)C3CCCN3C(=O)C(F)(F)F)cc2)O1. The Morgan fingerprint density at radius 3 is 2.17 bits per heavy atom. The number of hydrogen-bond acceptors (Lipinski definition) is 7. The van der Waals surface area contributed by atoms with Crippen LogP contribution in [0.5, 0.6) is 0 Å². The van der Waals surface area contributed by atoms with Gasteiger partial charge in [-0.15, -0.1) is 0 Å². The Morgan fingerprint density at radius 2 is 1.49 bits per heavy atom. The lowest BCUT2D eigenvalue weighted by molar-refractivity contribution is -0.255. The Morgan fingerprint density at radius 1 is 0.811 bits per heavy atom. The minimum absolute atomic E-state index is 0.0524. The van der Waals surface area contributed by atoms with E-state index in [1.54, 1.807) is 0 Å². The number of alkyl halides is 3. The van der Waals surface area contributed by atoms with Gasteiger partial charge in [-0.25, -0.2) is 0 Å². The zero-order valence-electron chi connectivity index (χ0n) is 30.9. The molecule has 3 aliphatic heterocycles. The van der Waals surface area contributed by atoms with Crippen molar-refractivity contribution in [2.45, 2.75) is 140 Å². The Hall–Kier alpha value is -3.52. The van der Waals surface area contributed by atoms with Crippen molar-refractivity contribution in [3.8, 4) is 0 Å². The average molecular weight is 743 g/mol. The molecule has 13 heteroatoms. The number of amides is 3. The normalized spacial score (nSPS) is 28.3. The highest BCUT2D eigenvalue weighted by atomic mass is 19.4. The zero-order chi connectivity index (χ0) is 37.9. The number of halogens is 3. The maximum absolute atomic E-state index is 13.7. The number of likely N-dealkylation sites (tertiary alicyclic amines) is 2. The molecule has 0 radical (unpaired) electrons. The zero-order valence-corrected chi connectivity index (χ0v) is 30.9. The van der Waals surface area contributed by atoms with E-state index in [2.05, 4.69) is 15.5 Å². The van der Waals surface area contributed by atoms with Gasteiger partial charge < -0.3 is 30.1 Å². The molecule has 2 aromatic rings. The van der Waals surface area contributed by atoms with Crippen molar-refractivity contribution in [2.75, 3.05) is 13.1 Å². The van der Waals surface area contributed by atoms with E-state index in [9.17, 15) is 32.7 Å². The quantitative estimate of drug-likeness (QED) is 0.296. The Bertz CT molecular complexity index is 1580. The number of rotatable bonds is 9. The van der Waals surface area contributed by atoms with Crippen molar-refractivity contribution >= 4 is 17.7 Å². The first-order chi connectivity index (χ1) is 25.2. The summed E-state index contributed by atoms with van der Waals surface area (Å²) in [6, 6.07) is 13.9. The van der Waals surface area contributed by atoms with E-state index >= 15 is 0 Å². The largest absolute Gasteiger partial charge is 0.471 e. The van der Waals surface area contributed by atoms with Gasteiger partial charge in [0.1, 0.15) is 6.04 Å². The van der Waals surface area contributed by atoms with Gasteiger partial charge in [-0.3, -0.25) is 19.3 Å². The molecule has 2 aromatic carbocycles. The van der Waals surface area contributed by atoms with Crippen molar-refractivity contribution in [3.63, 3.8) is 0 Å². The molecular formula is C40H53F3N4O6. The molecule has 1 aliphatic carbocycles. The van der Waals surface area contributed by atoms with Crippen molar-refractivity contribution in [2.24, 2.45) is 5.92 Å². The van der Waals surface area contributed by atoms with Crippen molar-refractivity contribution in [3.05, 3.63) is 70.8 Å². The molecule has 3 saturated heterocycles. The van der Waals surface area contributed by atoms with Crippen LogP contribution in [0.1, 0.15) is 113 Å². The van der Waals surface area contributed by atoms with Gasteiger partial charge in [0.2, 0.25) is 11.8 Å². The molecule has 290 valence electrons. The number of aliphatic hydroxyl groups excluding tert-OH is 1. The van der Waals surface area contributed by atoms with Crippen LogP contribution in [0.25, 0.3) is 0 Å². The van der Waals surface area contributed by atoms with E-state index in [0.29, 0.717) is 36.2 Å². The lowest BCUT2D eigenvalue weighted by Gasteiger charge is -2.50. The van der Waals surface area contributed by atoms with Gasteiger partial charge in [0.05, 0.1) is 24.9 Å². The molecule has 53 heavy (non-hydrogen) atoms. The molecule has 0 bridgehead atoms. The van der Waals surface area contributed by atoms with E-state index in [1.165, 1.54) is 12.8 Å². The van der Waals surface area contributed by atoms with Gasteiger partial charge in [-0.1, -0.05) is 61.4 Å². The number of nitrogens with zero attached hydrogens (tertiary/aromatic N) is 2. The van der Waals surface area contributed by atoms with Gasteiger partial charge in [-0.2, -0.15) is 13.2 Å². The Kier molecular flexibility index (Phi) is 12.2. The maximum atomic E-state index is 13.7. The summed E-state index contributed by atoms with van der Waals surface area (Å²) in [5.74, 6) is -2.00. The van der Waals surface area contributed by atoms with E-state index in [0.717, 1.165) is 47.9 Å². The number of fused-ring (bicyclic) bond motifs is 1. The van der Waals surface area contributed by atoms with E-state index in [4.69, 9.17) is 9.47 Å². The summed E-state index contributed by atoms with van der Waals surface area (Å²) in [6.07, 6.45) is 1.18. The molecule has 3 N–H and O–H groups in total. The molecule has 7 unspecified atom stereocenters. The predicted octanol–water partition coefficient (Wildman–Crippen LogP) is 5.83. The second-order valence-corrected chi connectivity index (χ2v) is 16.1. The van der Waals surface area contributed by atoms with Crippen molar-refractivity contribution in [1.82, 2.24) is 20.4 Å². The summed E-state index contributed by atoms with van der Waals surface area (Å²) in [5, 5.41) is 15.6. The molecular weight excluding hydrogens is 689 g/mol. The van der Waals surface area contributed by atoms with Crippen LogP contribution in [-0.2, 0) is 37.0 Å². The van der Waals surface area contributed by atoms with Gasteiger partial charge in [0.25, 0.3) is 0 Å². The average Bonchev–Trinajstić information content (AvgIpc) is 3.63. The molecule has 0 spiro atoms. The van der Waals surface area contributed by atoms with Crippen LogP contribution in [0.4, 0.5) is 13.2 Å². The highest BCUT2D eigenvalue weighted by Crippen LogP contribution is 2.42. The minimum Gasteiger partial charge on any atom is -0.392 e. The van der Waals surface area contributed by atoms with Crippen LogP contribution in [0, 0.1) is 5.92 Å². The summed E-state index contributed by atoms with van der Waals surface area (Å²) in [5.41, 5.74) is 2.89. The molecule has 4 fully saturated rings. The lowest BCUT2D eigenvalue weighted by atomic mass is 9.75. The van der Waals surface area contributed by atoms with E-state index < -0.39 is 30.3 Å². The Balaban J connectivity index is 1.18. The van der Waals surface area contributed by atoms with Gasteiger partial charge in [0, 0.05) is 43.2 Å². The molecule has 0 aromatic heterocycles. The molecule has 4 aliphatic rings. The summed E-state index contributed by atoms with van der Waals surface area (Å²) in [7, 11) is 0. The van der Waals surface area contributed by atoms with Gasteiger partial charge in [0.15, 0.2) is 6.29 Å². The smallest absolute Gasteiger partial charge is 0.392 e. The third kappa shape index (κ3) is 9.59. The standard InChI is InChI=1S/C40H53F3N4O6/c1-39(2,3)45-36(50)33-19-18-27-7-4-5-8-31(27)47(33)23-30-21-34(28-14-12-26(24-48)13-15-28)53-37(52-30)29-16-10-25(11-17-29)22-44-35(49)32-9-6-20-46(32)38(51)40(41,42)43/h10-17,27,30-34,37,48H,4-9,18-24H2,1-3H3,(H,44,49)(H,45,50). The number of hydrogen-bond donors (Lipinski definition) is 3. The minimum atomic E-state index is -5.03. The fraction of sp³-hybridized carbons (Fsp3) is 0.625. The second-order valence-electron chi connectivity index (χ2n) is 16.1. The molecule has 10 nitrogen and oxygen atoms in total. The van der Waals surface area contributed by atoms with Crippen LogP contribution in [0.15, 0.2) is 48.5 Å². The first kappa shape index (κ1) is 39.2. The summed E-state index contributed by atoms with van der Waals surface area (Å²) in [6.45, 7) is 6.49. The number of carbonyl (C=O) groups excluding carboxylic acids is 3. The topological polar surface area (TPSA) is 120 Å². The first-order valence-corrected chi connectivity index (χ1v) is 19.0. The highest BCUT2D eigenvalue weighted by molar-refractivity contribution is 5.90. The lowest BCUT2D eigenvalue weighted by Crippen LogP contribution is -2.61. The second kappa shape index (κ2) is 16.5.